The Morgan fingerprint density at radius 2 is 1.66 bits per heavy atom. The number of hydrogen-bond acceptors (Lipinski definition) is 4. The number of halogens is 3. The SMILES string of the molecule is O=S(=O)(c1ccc(C(F)(F)F)cc1)n1c(CCc2ccco2)nc2ccccc21. The summed E-state index contributed by atoms with van der Waals surface area (Å²) in [5, 5.41) is 0. The molecule has 150 valence electrons. The molecule has 9 heteroatoms. The first-order chi connectivity index (χ1) is 13.8. The van der Waals surface area contributed by atoms with Gasteiger partial charge in [0.1, 0.15) is 11.6 Å². The number of alkyl halides is 3. The minimum atomic E-state index is -4.54. The molecule has 0 aliphatic carbocycles. The number of hydrogen-bond donors (Lipinski definition) is 0. The van der Waals surface area contributed by atoms with E-state index in [0.29, 0.717) is 23.2 Å². The fourth-order valence-corrected chi connectivity index (χ4v) is 4.60. The first kappa shape index (κ1) is 19.3. The highest BCUT2D eigenvalue weighted by Crippen LogP contribution is 2.31. The number of imidazole rings is 1. The molecule has 0 radical (unpaired) electrons. The monoisotopic (exact) mass is 420 g/mol. The van der Waals surface area contributed by atoms with Crippen LogP contribution in [0.3, 0.4) is 0 Å². The van der Waals surface area contributed by atoms with Crippen LogP contribution in [0.4, 0.5) is 13.2 Å². The van der Waals surface area contributed by atoms with Gasteiger partial charge in [0.25, 0.3) is 10.0 Å². The Morgan fingerprint density at radius 3 is 2.31 bits per heavy atom. The Labute approximate surface area is 164 Å². The second-order valence-corrected chi connectivity index (χ2v) is 8.17. The van der Waals surface area contributed by atoms with Gasteiger partial charge in [-0.15, -0.1) is 0 Å². The lowest BCUT2D eigenvalue weighted by atomic mass is 10.2. The summed E-state index contributed by atoms with van der Waals surface area (Å²) in [5.41, 5.74) is -0.0655. The maximum absolute atomic E-state index is 13.3. The lowest BCUT2D eigenvalue weighted by Crippen LogP contribution is -2.17. The summed E-state index contributed by atoms with van der Waals surface area (Å²) >= 11 is 0. The minimum Gasteiger partial charge on any atom is -0.469 e. The van der Waals surface area contributed by atoms with Crippen LogP contribution in [0.1, 0.15) is 17.1 Å². The van der Waals surface area contributed by atoms with E-state index in [9.17, 15) is 21.6 Å². The molecule has 2 aromatic carbocycles. The molecule has 0 aliphatic heterocycles. The highest BCUT2D eigenvalue weighted by atomic mass is 32.2. The molecule has 29 heavy (non-hydrogen) atoms. The molecule has 0 amide bonds. The Hall–Kier alpha value is -3.07. The van der Waals surface area contributed by atoms with E-state index >= 15 is 0 Å². The highest BCUT2D eigenvalue weighted by Gasteiger charge is 2.31. The third-order valence-corrected chi connectivity index (χ3v) is 6.24. The van der Waals surface area contributed by atoms with Gasteiger partial charge in [0.05, 0.1) is 27.8 Å². The molecule has 0 saturated carbocycles. The summed E-state index contributed by atoms with van der Waals surface area (Å²) in [4.78, 5) is 4.18. The molecule has 0 unspecified atom stereocenters. The zero-order valence-corrected chi connectivity index (χ0v) is 15.7. The van der Waals surface area contributed by atoms with E-state index in [4.69, 9.17) is 4.42 Å². The maximum atomic E-state index is 13.3. The minimum absolute atomic E-state index is 0.243. The van der Waals surface area contributed by atoms with Gasteiger partial charge in [0.2, 0.25) is 0 Å². The summed E-state index contributed by atoms with van der Waals surface area (Å²) in [5.74, 6) is 0.957. The van der Waals surface area contributed by atoms with Crippen LogP contribution in [0.5, 0.6) is 0 Å². The molecule has 0 saturated heterocycles. The standard InChI is InChI=1S/C20H15F3N2O3S/c21-20(22,23)14-7-10-16(11-8-14)29(26,27)25-18-6-2-1-5-17(18)24-19(25)12-9-15-4-3-13-28-15/h1-8,10-11,13H,9,12H2. The number of furan rings is 1. The summed E-state index contributed by atoms with van der Waals surface area (Å²) in [6, 6.07) is 13.7. The number of aryl methyl sites for hydroxylation is 2. The Balaban J connectivity index is 1.79. The number of nitrogens with zero attached hydrogens (tertiary/aromatic N) is 2. The molecule has 0 bridgehead atoms. The highest BCUT2D eigenvalue weighted by molar-refractivity contribution is 7.90. The molecule has 0 atom stereocenters. The van der Waals surface area contributed by atoms with Crippen LogP contribution in [0.2, 0.25) is 0 Å². The van der Waals surface area contributed by atoms with Crippen molar-refractivity contribution in [2.45, 2.75) is 23.9 Å². The Kier molecular flexibility index (Phi) is 4.70. The molecular formula is C20H15F3N2O3S. The summed E-state index contributed by atoms with van der Waals surface area (Å²) in [6.07, 6.45) is -2.31. The van der Waals surface area contributed by atoms with E-state index in [1.807, 2.05) is 0 Å². The van der Waals surface area contributed by atoms with Crippen molar-refractivity contribution in [2.24, 2.45) is 0 Å². The van der Waals surface area contributed by atoms with Crippen LogP contribution < -0.4 is 0 Å². The average molecular weight is 420 g/mol. The number of aromatic nitrogens is 2. The van der Waals surface area contributed by atoms with Crippen molar-refractivity contribution in [3.8, 4) is 0 Å². The van der Waals surface area contributed by atoms with E-state index in [2.05, 4.69) is 4.98 Å². The first-order valence-corrected chi connectivity index (χ1v) is 10.1. The van der Waals surface area contributed by atoms with Gasteiger partial charge in [-0.1, -0.05) is 12.1 Å². The van der Waals surface area contributed by atoms with Crippen molar-refractivity contribution in [2.75, 3.05) is 0 Å². The van der Waals surface area contributed by atoms with Gasteiger partial charge in [0, 0.05) is 12.8 Å². The summed E-state index contributed by atoms with van der Waals surface area (Å²) in [6.45, 7) is 0. The van der Waals surface area contributed by atoms with E-state index in [-0.39, 0.29) is 17.1 Å². The largest absolute Gasteiger partial charge is 0.469 e. The summed E-state index contributed by atoms with van der Waals surface area (Å²) < 4.78 is 71.4. The zero-order valence-electron chi connectivity index (χ0n) is 14.9. The quantitative estimate of drug-likeness (QED) is 0.471. The van der Waals surface area contributed by atoms with Crippen molar-refractivity contribution in [3.05, 3.63) is 84.1 Å². The maximum Gasteiger partial charge on any atom is 0.416 e. The van der Waals surface area contributed by atoms with Gasteiger partial charge in [-0.3, -0.25) is 0 Å². The van der Waals surface area contributed by atoms with Gasteiger partial charge >= 0.3 is 6.18 Å². The van der Waals surface area contributed by atoms with Gasteiger partial charge in [-0.25, -0.2) is 17.4 Å². The lowest BCUT2D eigenvalue weighted by molar-refractivity contribution is -0.137. The average Bonchev–Trinajstić information content (AvgIpc) is 3.33. The summed E-state index contributed by atoms with van der Waals surface area (Å²) in [7, 11) is -4.15. The smallest absolute Gasteiger partial charge is 0.416 e. The number of fused-ring (bicyclic) bond motifs is 1. The first-order valence-electron chi connectivity index (χ1n) is 8.68. The van der Waals surface area contributed by atoms with Gasteiger partial charge < -0.3 is 4.42 Å². The van der Waals surface area contributed by atoms with E-state index in [1.54, 1.807) is 36.4 Å². The topological polar surface area (TPSA) is 65.1 Å². The van der Waals surface area contributed by atoms with Crippen LogP contribution in [0.15, 0.2) is 76.2 Å². The third kappa shape index (κ3) is 3.65. The molecule has 2 aromatic heterocycles. The van der Waals surface area contributed by atoms with Gasteiger partial charge in [-0.2, -0.15) is 13.2 Å². The number of benzene rings is 2. The van der Waals surface area contributed by atoms with Gasteiger partial charge in [0.15, 0.2) is 0 Å². The second-order valence-electron chi connectivity index (χ2n) is 6.39. The molecule has 0 N–H and O–H groups in total. The van der Waals surface area contributed by atoms with Crippen molar-refractivity contribution in [1.82, 2.24) is 8.96 Å². The normalized spacial score (nSPS) is 12.5. The third-order valence-electron chi connectivity index (χ3n) is 4.48. The van der Waals surface area contributed by atoms with E-state index in [0.717, 1.165) is 28.2 Å². The van der Waals surface area contributed by atoms with Crippen LogP contribution in [0.25, 0.3) is 11.0 Å². The van der Waals surface area contributed by atoms with E-state index < -0.39 is 21.8 Å². The Bertz CT molecular complexity index is 1240. The van der Waals surface area contributed by atoms with Crippen molar-refractivity contribution < 1.29 is 26.0 Å². The van der Waals surface area contributed by atoms with Crippen LogP contribution >= 0.6 is 0 Å². The molecule has 0 aliphatic rings. The second kappa shape index (κ2) is 7.07. The van der Waals surface area contributed by atoms with Crippen molar-refractivity contribution >= 4 is 21.1 Å². The van der Waals surface area contributed by atoms with Gasteiger partial charge in [-0.05, 0) is 48.5 Å². The lowest BCUT2D eigenvalue weighted by Gasteiger charge is -2.12. The molecule has 5 nitrogen and oxygen atoms in total. The fourth-order valence-electron chi connectivity index (χ4n) is 3.09. The van der Waals surface area contributed by atoms with Crippen LogP contribution in [-0.4, -0.2) is 17.4 Å². The predicted molar refractivity (Wildman–Crippen MR) is 99.9 cm³/mol. The van der Waals surface area contributed by atoms with Crippen molar-refractivity contribution in [3.63, 3.8) is 0 Å². The number of para-hydroxylation sites is 2. The molecule has 0 fully saturated rings. The van der Waals surface area contributed by atoms with E-state index in [1.165, 1.54) is 6.26 Å². The zero-order chi connectivity index (χ0) is 20.6. The van der Waals surface area contributed by atoms with Crippen molar-refractivity contribution in [1.29, 1.82) is 0 Å². The number of rotatable bonds is 5. The molecular weight excluding hydrogens is 405 g/mol. The van der Waals surface area contributed by atoms with Crippen LogP contribution in [-0.2, 0) is 29.0 Å². The molecule has 2 heterocycles. The molecule has 0 spiro atoms. The molecule has 4 rings (SSSR count). The molecule has 4 aromatic rings. The Morgan fingerprint density at radius 1 is 0.931 bits per heavy atom. The fraction of sp³-hybridized carbons (Fsp3) is 0.150. The van der Waals surface area contributed by atoms with Crippen LogP contribution in [0, 0.1) is 0 Å². The predicted octanol–water partition coefficient (Wildman–Crippen LogP) is 4.67.